The van der Waals surface area contributed by atoms with Gasteiger partial charge in [-0.15, -0.1) is 5.10 Å². The third-order valence-corrected chi connectivity index (χ3v) is 1.47. The van der Waals surface area contributed by atoms with Crippen molar-refractivity contribution in [3.05, 3.63) is 12.4 Å². The summed E-state index contributed by atoms with van der Waals surface area (Å²) in [5.41, 5.74) is 0. The lowest BCUT2D eigenvalue weighted by atomic mass is 10.5. The van der Waals surface area contributed by atoms with Crippen LogP contribution in [0.25, 0.3) is 0 Å². The Labute approximate surface area is 76.3 Å². The van der Waals surface area contributed by atoms with Crippen molar-refractivity contribution in [2.75, 3.05) is 20.1 Å². The minimum Gasteiger partial charge on any atom is -0.353 e. The van der Waals surface area contributed by atoms with Crippen LogP contribution in [0.15, 0.2) is 12.4 Å². The number of carbonyl (C=O) groups excluding carboxylic acids is 1. The van der Waals surface area contributed by atoms with Crippen LogP contribution >= 0.6 is 0 Å². The Morgan fingerprint density at radius 1 is 1.62 bits per heavy atom. The van der Waals surface area contributed by atoms with Crippen LogP contribution < -0.4 is 10.6 Å². The maximum Gasteiger partial charge on any atom is 0.234 e. The lowest BCUT2D eigenvalue weighted by molar-refractivity contribution is -0.120. The van der Waals surface area contributed by atoms with Crippen LogP contribution in [0.4, 0.5) is 0 Å². The average molecular weight is 183 g/mol. The third-order valence-electron chi connectivity index (χ3n) is 1.47. The molecule has 1 amide bonds. The van der Waals surface area contributed by atoms with Crippen LogP contribution in [0.2, 0.25) is 0 Å². The van der Waals surface area contributed by atoms with E-state index in [4.69, 9.17) is 0 Å². The second kappa shape index (κ2) is 5.26. The first-order valence-corrected chi connectivity index (χ1v) is 4.08. The molecule has 0 unspecified atom stereocenters. The third kappa shape index (κ3) is 3.66. The predicted octanol–water partition coefficient (Wildman–Crippen LogP) is -1.39. The maximum atomic E-state index is 11.0. The summed E-state index contributed by atoms with van der Waals surface area (Å²) in [5.74, 6) is -0.0115. The topological polar surface area (TPSA) is 71.8 Å². The second-order valence-corrected chi connectivity index (χ2v) is 2.55. The zero-order chi connectivity index (χ0) is 9.52. The number of carbonyl (C=O) groups is 1. The van der Waals surface area contributed by atoms with Crippen molar-refractivity contribution in [3.8, 4) is 0 Å². The van der Waals surface area contributed by atoms with Crippen molar-refractivity contribution >= 4 is 5.91 Å². The van der Waals surface area contributed by atoms with E-state index < -0.39 is 0 Å². The van der Waals surface area contributed by atoms with Gasteiger partial charge in [-0.25, -0.2) is 0 Å². The molecular formula is C7H13N5O. The molecule has 0 fully saturated rings. The Morgan fingerprint density at radius 2 is 2.46 bits per heavy atom. The van der Waals surface area contributed by atoms with Gasteiger partial charge in [-0.3, -0.25) is 9.48 Å². The zero-order valence-electron chi connectivity index (χ0n) is 7.53. The standard InChI is InChI=1S/C7H13N5O/c1-8-6-7(13)9-2-4-12-5-3-10-11-12/h3,5,8H,2,4,6H2,1H3,(H,9,13). The smallest absolute Gasteiger partial charge is 0.234 e. The van der Waals surface area contributed by atoms with Gasteiger partial charge in [0.25, 0.3) is 0 Å². The quantitative estimate of drug-likeness (QED) is 0.590. The number of likely N-dealkylation sites (N-methyl/N-ethyl adjacent to an activating group) is 1. The first-order valence-electron chi connectivity index (χ1n) is 4.08. The molecule has 72 valence electrons. The van der Waals surface area contributed by atoms with E-state index in [9.17, 15) is 4.79 Å². The molecule has 0 aliphatic rings. The fourth-order valence-corrected chi connectivity index (χ4v) is 0.885. The van der Waals surface area contributed by atoms with E-state index in [2.05, 4.69) is 20.9 Å². The molecular weight excluding hydrogens is 170 g/mol. The molecule has 6 heteroatoms. The van der Waals surface area contributed by atoms with Crippen molar-refractivity contribution in [3.63, 3.8) is 0 Å². The van der Waals surface area contributed by atoms with E-state index in [1.54, 1.807) is 24.1 Å². The molecule has 0 radical (unpaired) electrons. The van der Waals surface area contributed by atoms with E-state index in [1.165, 1.54) is 0 Å². The minimum atomic E-state index is -0.0115. The highest BCUT2D eigenvalue weighted by atomic mass is 16.1. The Hall–Kier alpha value is -1.43. The van der Waals surface area contributed by atoms with Gasteiger partial charge >= 0.3 is 0 Å². The van der Waals surface area contributed by atoms with Gasteiger partial charge < -0.3 is 10.6 Å². The Bertz CT molecular complexity index is 245. The van der Waals surface area contributed by atoms with E-state index in [-0.39, 0.29) is 5.91 Å². The zero-order valence-corrected chi connectivity index (χ0v) is 7.53. The van der Waals surface area contributed by atoms with E-state index in [0.29, 0.717) is 19.6 Å². The summed E-state index contributed by atoms with van der Waals surface area (Å²) in [6.45, 7) is 1.57. The molecule has 0 atom stereocenters. The van der Waals surface area contributed by atoms with Crippen molar-refractivity contribution in [2.45, 2.75) is 6.54 Å². The lowest BCUT2D eigenvalue weighted by Gasteiger charge is -2.03. The second-order valence-electron chi connectivity index (χ2n) is 2.55. The molecule has 1 rings (SSSR count). The van der Waals surface area contributed by atoms with Crippen LogP contribution in [-0.4, -0.2) is 41.0 Å². The molecule has 1 heterocycles. The highest BCUT2D eigenvalue weighted by Crippen LogP contribution is 1.78. The number of aromatic nitrogens is 3. The lowest BCUT2D eigenvalue weighted by Crippen LogP contribution is -2.34. The van der Waals surface area contributed by atoms with Gasteiger partial charge in [-0.05, 0) is 7.05 Å². The summed E-state index contributed by atoms with van der Waals surface area (Å²) in [5, 5.41) is 12.9. The molecule has 2 N–H and O–H groups in total. The fourth-order valence-electron chi connectivity index (χ4n) is 0.885. The van der Waals surface area contributed by atoms with Gasteiger partial charge in [-0.1, -0.05) is 5.21 Å². The fraction of sp³-hybridized carbons (Fsp3) is 0.571. The number of hydrogen-bond donors (Lipinski definition) is 2. The minimum absolute atomic E-state index is 0.0115. The van der Waals surface area contributed by atoms with Crippen LogP contribution in [0.5, 0.6) is 0 Å². The highest BCUT2D eigenvalue weighted by Gasteiger charge is 1.97. The van der Waals surface area contributed by atoms with E-state index in [1.807, 2.05) is 0 Å². The molecule has 0 spiro atoms. The molecule has 1 aromatic heterocycles. The van der Waals surface area contributed by atoms with Gasteiger partial charge in [0.2, 0.25) is 5.91 Å². The number of amides is 1. The Morgan fingerprint density at radius 3 is 3.08 bits per heavy atom. The molecule has 0 aliphatic heterocycles. The highest BCUT2D eigenvalue weighted by molar-refractivity contribution is 5.77. The van der Waals surface area contributed by atoms with Gasteiger partial charge in [-0.2, -0.15) is 0 Å². The summed E-state index contributed by atoms with van der Waals surface area (Å²) in [7, 11) is 1.73. The maximum absolute atomic E-state index is 11.0. The number of rotatable bonds is 5. The summed E-state index contributed by atoms with van der Waals surface area (Å²) in [6, 6.07) is 0. The number of nitrogens with one attached hydrogen (secondary N) is 2. The molecule has 1 aromatic rings. The largest absolute Gasteiger partial charge is 0.353 e. The molecule has 6 nitrogen and oxygen atoms in total. The average Bonchev–Trinajstić information content (AvgIpc) is 2.57. The Kier molecular flexibility index (Phi) is 3.90. The predicted molar refractivity (Wildman–Crippen MR) is 47.0 cm³/mol. The monoisotopic (exact) mass is 183 g/mol. The number of nitrogens with zero attached hydrogens (tertiary/aromatic N) is 3. The molecule has 0 saturated heterocycles. The van der Waals surface area contributed by atoms with Crippen molar-refractivity contribution in [2.24, 2.45) is 0 Å². The van der Waals surface area contributed by atoms with Crippen LogP contribution in [0.3, 0.4) is 0 Å². The van der Waals surface area contributed by atoms with Crippen LogP contribution in [0.1, 0.15) is 0 Å². The van der Waals surface area contributed by atoms with Crippen LogP contribution in [-0.2, 0) is 11.3 Å². The molecule has 13 heavy (non-hydrogen) atoms. The normalized spacial score (nSPS) is 9.92. The van der Waals surface area contributed by atoms with E-state index >= 15 is 0 Å². The van der Waals surface area contributed by atoms with Gasteiger partial charge in [0, 0.05) is 12.7 Å². The first-order chi connectivity index (χ1) is 6.33. The number of hydrogen-bond acceptors (Lipinski definition) is 4. The molecule has 0 aromatic carbocycles. The van der Waals surface area contributed by atoms with E-state index in [0.717, 1.165) is 0 Å². The molecule has 0 saturated carbocycles. The summed E-state index contributed by atoms with van der Waals surface area (Å²) >= 11 is 0. The van der Waals surface area contributed by atoms with Crippen molar-refractivity contribution in [1.29, 1.82) is 0 Å². The van der Waals surface area contributed by atoms with Crippen LogP contribution in [0, 0.1) is 0 Å². The molecule has 0 bridgehead atoms. The SMILES string of the molecule is CNCC(=O)NCCn1ccnn1. The van der Waals surface area contributed by atoms with Gasteiger partial charge in [0.05, 0.1) is 19.3 Å². The van der Waals surface area contributed by atoms with Gasteiger partial charge in [0.1, 0.15) is 0 Å². The van der Waals surface area contributed by atoms with Gasteiger partial charge in [0.15, 0.2) is 0 Å². The Balaban J connectivity index is 2.11. The summed E-state index contributed by atoms with van der Waals surface area (Å²) in [4.78, 5) is 11.0. The summed E-state index contributed by atoms with van der Waals surface area (Å²) in [6.07, 6.45) is 3.36. The summed E-state index contributed by atoms with van der Waals surface area (Å²) < 4.78 is 1.67. The van der Waals surface area contributed by atoms with Crippen molar-refractivity contribution in [1.82, 2.24) is 25.6 Å². The first kappa shape index (κ1) is 9.66. The molecule has 0 aliphatic carbocycles. The van der Waals surface area contributed by atoms with Crippen molar-refractivity contribution < 1.29 is 4.79 Å².